The summed E-state index contributed by atoms with van der Waals surface area (Å²) in [6, 6.07) is 7.75. The van der Waals surface area contributed by atoms with Gasteiger partial charge in [-0.25, -0.2) is 9.50 Å². The molecule has 5 aromatic rings. The van der Waals surface area contributed by atoms with Crippen molar-refractivity contribution < 1.29 is 4.79 Å². The van der Waals surface area contributed by atoms with Crippen LogP contribution in [0.25, 0.3) is 27.7 Å². The molecule has 1 amide bonds. The summed E-state index contributed by atoms with van der Waals surface area (Å²) < 4.78 is 1.68. The van der Waals surface area contributed by atoms with E-state index in [9.17, 15) is 4.79 Å². The number of nitrogens with zero attached hydrogens (tertiary/aromatic N) is 5. The molecule has 0 saturated heterocycles. The fourth-order valence-electron chi connectivity index (χ4n) is 3.50. The molecule has 0 aromatic carbocycles. The zero-order valence-electron chi connectivity index (χ0n) is 17.7. The summed E-state index contributed by atoms with van der Waals surface area (Å²) in [7, 11) is 0. The molecule has 3 N–H and O–H groups in total. The predicted octanol–water partition coefficient (Wildman–Crippen LogP) is 4.13. The molecule has 0 aliphatic rings. The van der Waals surface area contributed by atoms with Crippen LogP contribution >= 0.6 is 0 Å². The lowest BCUT2D eigenvalue weighted by Crippen LogP contribution is -2.15. The third-order valence-corrected chi connectivity index (χ3v) is 5.42. The molecule has 32 heavy (non-hydrogen) atoms. The lowest BCUT2D eigenvalue weighted by atomic mass is 10.1. The minimum Gasteiger partial charge on any atom is -0.352 e. The lowest BCUT2D eigenvalue weighted by molar-refractivity contribution is 0.102. The molecule has 9 heteroatoms. The number of pyridine rings is 2. The Labute approximate surface area is 183 Å². The SMILES string of the molecule is CCC(C)Nc1ncc2c(-c3ccn4ncc(C(=O)Nc5cccnc5)c4c3)c[nH]c2n1. The van der Waals surface area contributed by atoms with Crippen molar-refractivity contribution in [3.8, 4) is 11.1 Å². The van der Waals surface area contributed by atoms with Gasteiger partial charge in [0.05, 0.1) is 29.2 Å². The van der Waals surface area contributed by atoms with Crippen LogP contribution in [-0.2, 0) is 0 Å². The molecule has 1 atom stereocenters. The van der Waals surface area contributed by atoms with E-state index in [1.165, 1.54) is 0 Å². The molecule has 0 saturated carbocycles. The molecule has 0 fully saturated rings. The number of H-pyrrole nitrogens is 1. The number of fused-ring (bicyclic) bond motifs is 2. The highest BCUT2D eigenvalue weighted by Crippen LogP contribution is 2.29. The number of nitrogens with one attached hydrogen (secondary N) is 3. The van der Waals surface area contributed by atoms with E-state index in [1.807, 2.05) is 30.7 Å². The van der Waals surface area contributed by atoms with E-state index in [0.29, 0.717) is 28.8 Å². The zero-order valence-corrected chi connectivity index (χ0v) is 17.7. The second-order valence-electron chi connectivity index (χ2n) is 7.61. The van der Waals surface area contributed by atoms with Gasteiger partial charge in [-0.2, -0.15) is 10.1 Å². The predicted molar refractivity (Wildman–Crippen MR) is 124 cm³/mol. The van der Waals surface area contributed by atoms with Gasteiger partial charge >= 0.3 is 0 Å². The smallest absolute Gasteiger partial charge is 0.259 e. The van der Waals surface area contributed by atoms with E-state index in [1.54, 1.807) is 35.2 Å². The number of carbonyl (C=O) groups is 1. The number of aromatic nitrogens is 6. The van der Waals surface area contributed by atoms with Crippen molar-refractivity contribution in [3.05, 3.63) is 67.0 Å². The molecule has 0 radical (unpaired) electrons. The molecule has 1 unspecified atom stereocenters. The zero-order chi connectivity index (χ0) is 22.1. The van der Waals surface area contributed by atoms with Gasteiger partial charge in [0.1, 0.15) is 5.65 Å². The van der Waals surface area contributed by atoms with Crippen molar-refractivity contribution in [3.63, 3.8) is 0 Å². The van der Waals surface area contributed by atoms with E-state index in [0.717, 1.165) is 28.6 Å². The number of carbonyl (C=O) groups excluding carboxylic acids is 1. The fourth-order valence-corrected chi connectivity index (χ4v) is 3.50. The lowest BCUT2D eigenvalue weighted by Gasteiger charge is -2.10. The van der Waals surface area contributed by atoms with Crippen LogP contribution in [0.2, 0.25) is 0 Å². The second-order valence-corrected chi connectivity index (χ2v) is 7.61. The largest absolute Gasteiger partial charge is 0.352 e. The topological polar surface area (TPSA) is 113 Å². The highest BCUT2D eigenvalue weighted by atomic mass is 16.1. The normalized spacial score (nSPS) is 12.2. The molecule has 5 aromatic heterocycles. The maximum absolute atomic E-state index is 12.8. The Morgan fingerprint density at radius 1 is 1.25 bits per heavy atom. The minimum absolute atomic E-state index is 0.242. The molecule has 5 heterocycles. The van der Waals surface area contributed by atoms with Gasteiger partial charge in [-0.05, 0) is 43.2 Å². The molecule has 9 nitrogen and oxygen atoms in total. The molecule has 160 valence electrons. The number of aromatic amines is 1. The summed E-state index contributed by atoms with van der Waals surface area (Å²) in [6.45, 7) is 4.21. The van der Waals surface area contributed by atoms with Gasteiger partial charge in [-0.15, -0.1) is 0 Å². The third kappa shape index (κ3) is 3.64. The second kappa shape index (κ2) is 8.10. The molecule has 0 spiro atoms. The first-order chi connectivity index (χ1) is 15.6. The Balaban J connectivity index is 1.49. The van der Waals surface area contributed by atoms with Gasteiger partial charge in [0.2, 0.25) is 5.95 Å². The van der Waals surface area contributed by atoms with Crippen molar-refractivity contribution in [1.82, 2.24) is 29.5 Å². The van der Waals surface area contributed by atoms with Gasteiger partial charge in [-0.1, -0.05) is 6.92 Å². The van der Waals surface area contributed by atoms with E-state index in [2.05, 4.69) is 49.5 Å². The first-order valence-electron chi connectivity index (χ1n) is 10.4. The van der Waals surface area contributed by atoms with Gasteiger partial charge in [0.15, 0.2) is 0 Å². The Hall–Kier alpha value is -4.27. The van der Waals surface area contributed by atoms with E-state index >= 15 is 0 Å². The van der Waals surface area contributed by atoms with E-state index < -0.39 is 0 Å². The monoisotopic (exact) mass is 426 g/mol. The number of hydrogen-bond donors (Lipinski definition) is 3. The van der Waals surface area contributed by atoms with Crippen molar-refractivity contribution >= 4 is 34.1 Å². The van der Waals surface area contributed by atoms with Crippen LogP contribution in [0.15, 0.2) is 61.4 Å². The van der Waals surface area contributed by atoms with Crippen LogP contribution in [0.4, 0.5) is 11.6 Å². The maximum atomic E-state index is 12.8. The standard InChI is InChI=1S/C23H22N8O/c1-3-14(2)28-23-26-12-18-17(11-25-21(18)30-23)15-6-8-31-20(9-15)19(13-27-31)22(32)29-16-5-4-7-24-10-16/h4-14H,3H2,1-2H3,(H,29,32)(H2,25,26,28,30). The van der Waals surface area contributed by atoms with Gasteiger partial charge < -0.3 is 15.6 Å². The van der Waals surface area contributed by atoms with Gasteiger partial charge in [0.25, 0.3) is 5.91 Å². The average molecular weight is 426 g/mol. The van der Waals surface area contributed by atoms with Crippen molar-refractivity contribution in [2.45, 2.75) is 26.3 Å². The third-order valence-electron chi connectivity index (χ3n) is 5.42. The number of anilines is 2. The Morgan fingerprint density at radius 3 is 2.97 bits per heavy atom. The Kier molecular flexibility index (Phi) is 4.98. The Morgan fingerprint density at radius 2 is 2.16 bits per heavy atom. The molecule has 0 bridgehead atoms. The van der Waals surface area contributed by atoms with Gasteiger partial charge in [0, 0.05) is 41.8 Å². The summed E-state index contributed by atoms with van der Waals surface area (Å²) in [5.74, 6) is 0.356. The minimum atomic E-state index is -0.242. The van der Waals surface area contributed by atoms with Crippen LogP contribution in [0.5, 0.6) is 0 Å². The quantitative estimate of drug-likeness (QED) is 0.376. The van der Waals surface area contributed by atoms with E-state index in [4.69, 9.17) is 0 Å². The molecule has 0 aliphatic carbocycles. The molecule has 5 rings (SSSR count). The summed E-state index contributed by atoms with van der Waals surface area (Å²) in [5, 5.41) is 11.4. The number of hydrogen-bond acceptors (Lipinski definition) is 6. The highest BCUT2D eigenvalue weighted by Gasteiger charge is 2.16. The molecule has 0 aliphatic heterocycles. The first kappa shape index (κ1) is 19.7. The van der Waals surface area contributed by atoms with Crippen LogP contribution < -0.4 is 10.6 Å². The van der Waals surface area contributed by atoms with Crippen LogP contribution in [0, 0.1) is 0 Å². The van der Waals surface area contributed by atoms with Crippen molar-refractivity contribution in [1.29, 1.82) is 0 Å². The number of rotatable bonds is 6. The summed E-state index contributed by atoms with van der Waals surface area (Å²) in [4.78, 5) is 29.1. The Bertz CT molecular complexity index is 1410. The summed E-state index contributed by atoms with van der Waals surface area (Å²) in [6.07, 6.45) is 11.4. The van der Waals surface area contributed by atoms with Crippen molar-refractivity contribution in [2.75, 3.05) is 10.6 Å². The molecular weight excluding hydrogens is 404 g/mol. The van der Waals surface area contributed by atoms with Crippen LogP contribution in [-0.4, -0.2) is 41.5 Å². The average Bonchev–Trinajstić information content (AvgIpc) is 3.43. The summed E-state index contributed by atoms with van der Waals surface area (Å²) in [5.41, 5.74) is 4.46. The van der Waals surface area contributed by atoms with Gasteiger partial charge in [-0.3, -0.25) is 9.78 Å². The van der Waals surface area contributed by atoms with Crippen LogP contribution in [0.1, 0.15) is 30.6 Å². The fraction of sp³-hybridized carbons (Fsp3) is 0.174. The first-order valence-corrected chi connectivity index (χ1v) is 10.4. The van der Waals surface area contributed by atoms with Crippen molar-refractivity contribution in [2.24, 2.45) is 0 Å². The highest BCUT2D eigenvalue weighted by molar-refractivity contribution is 6.09. The van der Waals surface area contributed by atoms with E-state index in [-0.39, 0.29) is 5.91 Å². The summed E-state index contributed by atoms with van der Waals surface area (Å²) >= 11 is 0. The van der Waals surface area contributed by atoms with Crippen LogP contribution in [0.3, 0.4) is 0 Å². The molecular formula is C23H22N8O. The maximum Gasteiger partial charge on any atom is 0.259 e. The number of amides is 1.